The van der Waals surface area contributed by atoms with E-state index in [1.165, 1.54) is 33.4 Å². The summed E-state index contributed by atoms with van der Waals surface area (Å²) in [5, 5.41) is 3.43. The number of benzene rings is 1. The molecule has 20 heavy (non-hydrogen) atoms. The highest BCUT2D eigenvalue weighted by atomic mass is 79.9. The maximum absolute atomic E-state index is 5.41. The van der Waals surface area contributed by atoms with Crippen LogP contribution in [0.1, 0.15) is 45.0 Å². The summed E-state index contributed by atoms with van der Waals surface area (Å²) in [6, 6.07) is 2.16. The van der Waals surface area contributed by atoms with Crippen molar-refractivity contribution in [1.29, 1.82) is 0 Å². The lowest BCUT2D eigenvalue weighted by Gasteiger charge is -2.25. The van der Waals surface area contributed by atoms with Crippen LogP contribution < -0.4 is 5.32 Å². The van der Waals surface area contributed by atoms with Crippen LogP contribution >= 0.6 is 15.9 Å². The molecule has 108 valence electrons. The molecule has 0 aliphatic heterocycles. The van der Waals surface area contributed by atoms with Crippen molar-refractivity contribution in [2.75, 3.05) is 7.05 Å². The summed E-state index contributed by atoms with van der Waals surface area (Å²) in [5.74, 6) is 0. The average Bonchev–Trinajstić information content (AvgIpc) is 2.85. The first-order chi connectivity index (χ1) is 9.40. The highest BCUT2D eigenvalue weighted by Crippen LogP contribution is 2.36. The van der Waals surface area contributed by atoms with E-state index in [1.807, 2.05) is 13.1 Å². The Morgan fingerprint density at radius 1 is 0.950 bits per heavy atom. The van der Waals surface area contributed by atoms with Gasteiger partial charge in [-0.15, -0.1) is 0 Å². The molecule has 1 N–H and O–H groups in total. The van der Waals surface area contributed by atoms with Gasteiger partial charge in [0.15, 0.2) is 4.67 Å². The maximum atomic E-state index is 5.41. The zero-order valence-electron chi connectivity index (χ0n) is 13.0. The van der Waals surface area contributed by atoms with Gasteiger partial charge in [-0.1, -0.05) is 0 Å². The lowest BCUT2D eigenvalue weighted by atomic mass is 9.84. The number of hydrogen-bond donors (Lipinski definition) is 1. The third-order valence-corrected chi connectivity index (χ3v) is 5.24. The van der Waals surface area contributed by atoms with Crippen molar-refractivity contribution in [2.45, 2.75) is 40.7 Å². The van der Waals surface area contributed by atoms with Crippen LogP contribution in [0.5, 0.6) is 0 Å². The second-order valence-electron chi connectivity index (χ2n) is 5.41. The zero-order chi connectivity index (χ0) is 15.0. The van der Waals surface area contributed by atoms with Crippen molar-refractivity contribution in [2.24, 2.45) is 0 Å². The van der Waals surface area contributed by atoms with E-state index in [0.717, 1.165) is 10.2 Å². The molecule has 0 spiro atoms. The minimum atomic E-state index is 0.140. The molecule has 1 heterocycles. The van der Waals surface area contributed by atoms with Crippen LogP contribution in [0.25, 0.3) is 0 Å². The lowest BCUT2D eigenvalue weighted by molar-refractivity contribution is 0.529. The number of nitrogens with one attached hydrogen (secondary N) is 1. The summed E-state index contributed by atoms with van der Waals surface area (Å²) in [6.07, 6.45) is 1.72. The molecule has 1 aromatic heterocycles. The zero-order valence-corrected chi connectivity index (χ0v) is 14.6. The Morgan fingerprint density at radius 2 is 1.45 bits per heavy atom. The SMILES string of the molecule is CNC(c1ccoc1Br)c1c(C)c(C)c(C)c(C)c1C. The highest BCUT2D eigenvalue weighted by molar-refractivity contribution is 9.10. The third kappa shape index (κ3) is 2.33. The molecule has 1 atom stereocenters. The molecule has 0 aliphatic rings. The van der Waals surface area contributed by atoms with Crippen LogP contribution in [0.3, 0.4) is 0 Å². The summed E-state index contributed by atoms with van der Waals surface area (Å²) in [5.41, 5.74) is 9.36. The fourth-order valence-electron chi connectivity index (χ4n) is 2.93. The van der Waals surface area contributed by atoms with E-state index in [9.17, 15) is 0 Å². The summed E-state index contributed by atoms with van der Waals surface area (Å²) < 4.78 is 6.21. The molecule has 0 aliphatic carbocycles. The number of rotatable bonds is 3. The quantitative estimate of drug-likeness (QED) is 0.863. The monoisotopic (exact) mass is 335 g/mol. The van der Waals surface area contributed by atoms with Crippen LogP contribution in [0.15, 0.2) is 21.4 Å². The van der Waals surface area contributed by atoms with Gasteiger partial charge >= 0.3 is 0 Å². The van der Waals surface area contributed by atoms with E-state index in [4.69, 9.17) is 4.42 Å². The molecule has 0 amide bonds. The van der Waals surface area contributed by atoms with E-state index < -0.39 is 0 Å². The van der Waals surface area contributed by atoms with Gasteiger partial charge in [0.05, 0.1) is 12.3 Å². The average molecular weight is 336 g/mol. The molecule has 0 radical (unpaired) electrons. The second-order valence-corrected chi connectivity index (χ2v) is 6.13. The normalized spacial score (nSPS) is 12.8. The Bertz CT molecular complexity index is 614. The minimum absolute atomic E-state index is 0.140. The summed E-state index contributed by atoms with van der Waals surface area (Å²) in [6.45, 7) is 11.0. The summed E-state index contributed by atoms with van der Waals surface area (Å²) in [7, 11) is 1.99. The molecule has 1 unspecified atom stereocenters. The molecule has 0 bridgehead atoms. The summed E-state index contributed by atoms with van der Waals surface area (Å²) in [4.78, 5) is 0. The van der Waals surface area contributed by atoms with Gasteiger partial charge in [-0.25, -0.2) is 0 Å². The molecule has 2 rings (SSSR count). The second kappa shape index (κ2) is 5.74. The Balaban J connectivity index is 2.71. The maximum Gasteiger partial charge on any atom is 0.174 e. The first-order valence-corrected chi connectivity index (χ1v) is 7.66. The van der Waals surface area contributed by atoms with Crippen LogP contribution in [0.2, 0.25) is 0 Å². The number of halogens is 1. The van der Waals surface area contributed by atoms with E-state index in [-0.39, 0.29) is 6.04 Å². The minimum Gasteiger partial charge on any atom is -0.457 e. The molecule has 3 heteroatoms. The number of hydrogen-bond acceptors (Lipinski definition) is 2. The number of furan rings is 1. The van der Waals surface area contributed by atoms with Gasteiger partial charge < -0.3 is 9.73 Å². The molecular weight excluding hydrogens is 314 g/mol. The van der Waals surface area contributed by atoms with Crippen LogP contribution in [0.4, 0.5) is 0 Å². The highest BCUT2D eigenvalue weighted by Gasteiger charge is 2.23. The molecular formula is C17H22BrNO. The van der Waals surface area contributed by atoms with Gasteiger partial charge in [-0.2, -0.15) is 0 Å². The Kier molecular flexibility index (Phi) is 4.40. The first kappa shape index (κ1) is 15.3. The fraction of sp³-hybridized carbons (Fsp3) is 0.412. The van der Waals surface area contributed by atoms with Gasteiger partial charge in [-0.3, -0.25) is 0 Å². The van der Waals surface area contributed by atoms with Crippen molar-refractivity contribution >= 4 is 15.9 Å². The molecule has 0 saturated carbocycles. The van der Waals surface area contributed by atoms with Gasteiger partial charge in [0.25, 0.3) is 0 Å². The van der Waals surface area contributed by atoms with Gasteiger partial charge in [-0.05, 0) is 97.0 Å². The van der Waals surface area contributed by atoms with Crippen molar-refractivity contribution in [3.8, 4) is 0 Å². The molecule has 2 nitrogen and oxygen atoms in total. The fourth-order valence-corrected chi connectivity index (χ4v) is 3.40. The van der Waals surface area contributed by atoms with Crippen molar-refractivity contribution in [3.63, 3.8) is 0 Å². The summed E-state index contributed by atoms with van der Waals surface area (Å²) >= 11 is 3.50. The Hall–Kier alpha value is -1.06. The van der Waals surface area contributed by atoms with E-state index in [1.54, 1.807) is 6.26 Å². The van der Waals surface area contributed by atoms with Gasteiger partial charge in [0.2, 0.25) is 0 Å². The van der Waals surface area contributed by atoms with E-state index >= 15 is 0 Å². The van der Waals surface area contributed by atoms with Crippen molar-refractivity contribution in [1.82, 2.24) is 5.32 Å². The first-order valence-electron chi connectivity index (χ1n) is 6.87. The topological polar surface area (TPSA) is 25.2 Å². The smallest absolute Gasteiger partial charge is 0.174 e. The van der Waals surface area contributed by atoms with Crippen LogP contribution in [-0.2, 0) is 0 Å². The molecule has 0 saturated heterocycles. The molecule has 1 aromatic carbocycles. The van der Waals surface area contributed by atoms with Crippen LogP contribution in [-0.4, -0.2) is 7.05 Å². The lowest BCUT2D eigenvalue weighted by Crippen LogP contribution is -2.21. The van der Waals surface area contributed by atoms with E-state index in [0.29, 0.717) is 0 Å². The molecule has 2 aromatic rings. The van der Waals surface area contributed by atoms with Gasteiger partial charge in [0, 0.05) is 5.56 Å². The largest absolute Gasteiger partial charge is 0.457 e. The standard InChI is InChI=1S/C17H22BrNO/c1-9-10(2)12(4)15(13(5)11(9)3)16(19-6)14-7-8-20-17(14)18/h7-8,16,19H,1-6H3. The molecule has 0 fully saturated rings. The van der Waals surface area contributed by atoms with Crippen molar-refractivity contribution in [3.05, 3.63) is 55.9 Å². The van der Waals surface area contributed by atoms with Crippen molar-refractivity contribution < 1.29 is 4.42 Å². The third-order valence-electron chi connectivity index (χ3n) is 4.59. The predicted molar refractivity (Wildman–Crippen MR) is 87.4 cm³/mol. The Morgan fingerprint density at radius 3 is 1.85 bits per heavy atom. The van der Waals surface area contributed by atoms with Gasteiger partial charge in [0.1, 0.15) is 0 Å². The van der Waals surface area contributed by atoms with Crippen LogP contribution in [0, 0.1) is 34.6 Å². The Labute approximate surface area is 129 Å². The predicted octanol–water partition coefficient (Wildman–Crippen LogP) is 4.89. The van der Waals surface area contributed by atoms with E-state index in [2.05, 4.69) is 55.9 Å².